The number of likely N-dealkylation sites (tertiary alicyclic amines) is 1. The van der Waals surface area contributed by atoms with Crippen molar-refractivity contribution >= 4 is 34.7 Å². The van der Waals surface area contributed by atoms with Crippen molar-refractivity contribution in [2.45, 2.75) is 62.9 Å². The Kier molecular flexibility index (Phi) is 9.06. The molecule has 2 N–H and O–H groups in total. The second-order valence-electron chi connectivity index (χ2n) is 11.7. The molecule has 1 aromatic heterocycles. The zero-order valence-electron chi connectivity index (χ0n) is 24.4. The van der Waals surface area contributed by atoms with Crippen LogP contribution < -0.4 is 15.4 Å². The molecule has 2 aromatic carbocycles. The molecule has 2 saturated heterocycles. The standard InChI is InChI=1S/C33H38N4O5S/c1-36-28-11-10-25(17-31(38)35-24-13-14-37(20-24)19-22-6-3-2-4-7-22)42-30(28)21-41-29-12-9-23(16-27(29)33(36)40)34-32(39)18-26-8-5-15-43-26/h2-9,12,15-16,24-25,28,30H,10-11,13-14,17-21H2,1H3,(H,34,39)(H,35,38)/t24-,25+,28+,30-/m1/s1. The number of carbonyl (C=O) groups excluding carboxylic acids is 3. The van der Waals surface area contributed by atoms with Gasteiger partial charge in [0.05, 0.1) is 30.6 Å². The molecule has 3 amide bonds. The number of nitrogens with one attached hydrogen (secondary N) is 2. The molecular weight excluding hydrogens is 564 g/mol. The van der Waals surface area contributed by atoms with Gasteiger partial charge in [0.1, 0.15) is 18.5 Å². The molecule has 0 bridgehead atoms. The van der Waals surface area contributed by atoms with Gasteiger partial charge in [0, 0.05) is 43.3 Å². The van der Waals surface area contributed by atoms with E-state index in [2.05, 4.69) is 39.8 Å². The Hall–Kier alpha value is -3.73. The summed E-state index contributed by atoms with van der Waals surface area (Å²) in [4.78, 5) is 44.1. The fourth-order valence-corrected chi connectivity index (χ4v) is 7.01. The molecule has 43 heavy (non-hydrogen) atoms. The molecule has 2 fully saturated rings. The molecule has 0 radical (unpaired) electrons. The first-order valence-electron chi connectivity index (χ1n) is 15.0. The number of amides is 3. The first-order valence-corrected chi connectivity index (χ1v) is 15.9. The maximum Gasteiger partial charge on any atom is 0.257 e. The summed E-state index contributed by atoms with van der Waals surface area (Å²) in [6.45, 7) is 2.97. The first kappa shape index (κ1) is 29.3. The number of fused-ring (bicyclic) bond motifs is 2. The van der Waals surface area contributed by atoms with Crippen molar-refractivity contribution in [2.75, 3.05) is 32.1 Å². The molecule has 4 atom stereocenters. The van der Waals surface area contributed by atoms with Gasteiger partial charge in [-0.3, -0.25) is 19.3 Å². The number of hydrogen-bond acceptors (Lipinski definition) is 7. The van der Waals surface area contributed by atoms with Crippen LogP contribution in [-0.2, 0) is 27.3 Å². The Labute approximate surface area is 256 Å². The van der Waals surface area contributed by atoms with Crippen LogP contribution in [0.15, 0.2) is 66.0 Å². The molecular formula is C33H38N4O5S. The molecule has 10 heteroatoms. The van der Waals surface area contributed by atoms with Gasteiger partial charge in [0.15, 0.2) is 0 Å². The van der Waals surface area contributed by atoms with Crippen molar-refractivity contribution in [3.63, 3.8) is 0 Å². The minimum absolute atomic E-state index is 0.00482. The van der Waals surface area contributed by atoms with Gasteiger partial charge in [0.2, 0.25) is 11.8 Å². The number of nitrogens with zero attached hydrogens (tertiary/aromatic N) is 2. The lowest BCUT2D eigenvalue weighted by molar-refractivity contribution is -0.134. The summed E-state index contributed by atoms with van der Waals surface area (Å²) in [6, 6.07) is 19.4. The van der Waals surface area contributed by atoms with E-state index in [0.717, 1.165) is 37.4 Å². The van der Waals surface area contributed by atoms with E-state index in [4.69, 9.17) is 9.47 Å². The van der Waals surface area contributed by atoms with Gasteiger partial charge in [-0.25, -0.2) is 0 Å². The third-order valence-electron chi connectivity index (χ3n) is 8.51. The highest BCUT2D eigenvalue weighted by Crippen LogP contribution is 2.32. The average molecular weight is 603 g/mol. The van der Waals surface area contributed by atoms with Crippen LogP contribution in [0.4, 0.5) is 5.69 Å². The Morgan fingerprint density at radius 2 is 1.88 bits per heavy atom. The first-order chi connectivity index (χ1) is 20.9. The Bertz CT molecular complexity index is 1430. The van der Waals surface area contributed by atoms with Crippen molar-refractivity contribution in [1.82, 2.24) is 15.1 Å². The van der Waals surface area contributed by atoms with Gasteiger partial charge in [0.25, 0.3) is 5.91 Å². The summed E-state index contributed by atoms with van der Waals surface area (Å²) in [5.74, 6) is 0.143. The molecule has 0 spiro atoms. The van der Waals surface area contributed by atoms with Gasteiger partial charge < -0.3 is 25.0 Å². The number of ether oxygens (including phenoxy) is 2. The van der Waals surface area contributed by atoms with Crippen LogP contribution in [0.5, 0.6) is 5.75 Å². The zero-order valence-corrected chi connectivity index (χ0v) is 25.2. The van der Waals surface area contributed by atoms with Crippen molar-refractivity contribution in [1.29, 1.82) is 0 Å². The van der Waals surface area contributed by atoms with E-state index >= 15 is 0 Å². The molecule has 3 aromatic rings. The maximum absolute atomic E-state index is 13.5. The number of carbonyl (C=O) groups is 3. The van der Waals surface area contributed by atoms with Gasteiger partial charge in [-0.15, -0.1) is 11.3 Å². The highest BCUT2D eigenvalue weighted by atomic mass is 32.1. The van der Waals surface area contributed by atoms with E-state index in [0.29, 0.717) is 29.8 Å². The van der Waals surface area contributed by atoms with Gasteiger partial charge in [-0.05, 0) is 54.5 Å². The van der Waals surface area contributed by atoms with Crippen LogP contribution in [0, 0.1) is 0 Å². The number of hydrogen-bond donors (Lipinski definition) is 2. The number of benzene rings is 2. The Morgan fingerprint density at radius 3 is 2.70 bits per heavy atom. The molecule has 0 aliphatic carbocycles. The fourth-order valence-electron chi connectivity index (χ4n) is 6.31. The van der Waals surface area contributed by atoms with E-state index in [1.54, 1.807) is 30.1 Å². The van der Waals surface area contributed by atoms with Crippen molar-refractivity contribution < 1.29 is 23.9 Å². The van der Waals surface area contributed by atoms with Crippen LogP contribution >= 0.6 is 11.3 Å². The smallest absolute Gasteiger partial charge is 0.257 e. The minimum atomic E-state index is -0.341. The van der Waals surface area contributed by atoms with Crippen LogP contribution in [-0.4, -0.2) is 78.6 Å². The SMILES string of the molecule is CN1C(=O)c2cc(NC(=O)Cc3cccs3)ccc2OC[C@H]2O[C@H](CC(=O)N[C@@H]3CCN(Cc4ccccc4)C3)CC[C@@H]21. The molecule has 0 saturated carbocycles. The number of thiophene rings is 1. The monoisotopic (exact) mass is 602 g/mol. The summed E-state index contributed by atoms with van der Waals surface area (Å²) in [5.41, 5.74) is 2.25. The van der Waals surface area contributed by atoms with E-state index in [1.807, 2.05) is 23.6 Å². The van der Waals surface area contributed by atoms with Crippen LogP contribution in [0.3, 0.4) is 0 Å². The molecule has 0 unspecified atom stereocenters. The lowest BCUT2D eigenvalue weighted by atomic mass is 9.94. The van der Waals surface area contributed by atoms with Crippen molar-refractivity contribution in [2.24, 2.45) is 0 Å². The van der Waals surface area contributed by atoms with Gasteiger partial charge in [-0.1, -0.05) is 36.4 Å². The highest BCUT2D eigenvalue weighted by Gasteiger charge is 2.39. The quantitative estimate of drug-likeness (QED) is 0.403. The minimum Gasteiger partial charge on any atom is -0.490 e. The van der Waals surface area contributed by atoms with Crippen molar-refractivity contribution in [3.05, 3.63) is 82.0 Å². The van der Waals surface area contributed by atoms with Gasteiger partial charge in [-0.2, -0.15) is 0 Å². The summed E-state index contributed by atoms with van der Waals surface area (Å²) >= 11 is 1.53. The van der Waals surface area contributed by atoms with Crippen LogP contribution in [0.25, 0.3) is 0 Å². The summed E-state index contributed by atoms with van der Waals surface area (Å²) < 4.78 is 12.5. The zero-order chi connectivity index (χ0) is 29.8. The highest BCUT2D eigenvalue weighted by molar-refractivity contribution is 7.10. The number of likely N-dealkylation sites (N-methyl/N-ethyl adjacent to an activating group) is 1. The van der Waals surface area contributed by atoms with Crippen LogP contribution in [0.1, 0.15) is 46.5 Å². The third-order valence-corrected chi connectivity index (χ3v) is 9.39. The van der Waals surface area contributed by atoms with E-state index in [1.165, 1.54) is 16.9 Å². The van der Waals surface area contributed by atoms with Crippen LogP contribution in [0.2, 0.25) is 0 Å². The predicted octanol–water partition coefficient (Wildman–Crippen LogP) is 4.09. The summed E-state index contributed by atoms with van der Waals surface area (Å²) in [6.07, 6.45) is 2.35. The molecule has 3 aliphatic rings. The normalized spacial score (nSPS) is 23.8. The summed E-state index contributed by atoms with van der Waals surface area (Å²) in [7, 11) is 1.79. The van der Waals surface area contributed by atoms with Gasteiger partial charge >= 0.3 is 0 Å². The second kappa shape index (κ2) is 13.3. The molecule has 9 nitrogen and oxygen atoms in total. The largest absolute Gasteiger partial charge is 0.490 e. The molecule has 6 rings (SSSR count). The number of rotatable bonds is 8. The Morgan fingerprint density at radius 1 is 1.02 bits per heavy atom. The van der Waals surface area contributed by atoms with E-state index in [-0.39, 0.29) is 55.0 Å². The van der Waals surface area contributed by atoms with E-state index < -0.39 is 0 Å². The third kappa shape index (κ3) is 7.26. The molecule has 4 heterocycles. The Balaban J connectivity index is 1.02. The second-order valence-corrected chi connectivity index (χ2v) is 12.7. The fraction of sp³-hybridized carbons (Fsp3) is 0.424. The predicted molar refractivity (Wildman–Crippen MR) is 165 cm³/mol. The van der Waals surface area contributed by atoms with Crippen molar-refractivity contribution in [3.8, 4) is 5.75 Å². The lowest BCUT2D eigenvalue weighted by Crippen LogP contribution is -2.54. The topological polar surface area (TPSA) is 100 Å². The van der Waals surface area contributed by atoms with E-state index in [9.17, 15) is 14.4 Å². The summed E-state index contributed by atoms with van der Waals surface area (Å²) in [5, 5.41) is 8.05. The molecule has 3 aliphatic heterocycles. The molecule has 226 valence electrons. The maximum atomic E-state index is 13.5. The lowest BCUT2D eigenvalue weighted by Gasteiger charge is -2.42. The average Bonchev–Trinajstić information content (AvgIpc) is 3.67. The number of anilines is 1.